The fraction of sp³-hybridized carbons (Fsp3) is 0.600. The number of hydrogen-bond acceptors (Lipinski definition) is 2. The monoisotopic (exact) mass is 251 g/mol. The standard InChI is InChI=1S/C15H22FNO/c1-11-4-3-8-17(9-7-11)15-6-5-13(12(2)18)10-14(15)16/h5-6,10-12,18H,3-4,7-9H2,1-2H3/t11?,12-/m0/s1. The molecule has 0 aliphatic carbocycles. The second kappa shape index (κ2) is 5.70. The quantitative estimate of drug-likeness (QED) is 0.869. The average molecular weight is 251 g/mol. The van der Waals surface area contributed by atoms with Gasteiger partial charge < -0.3 is 10.0 Å². The summed E-state index contributed by atoms with van der Waals surface area (Å²) in [4.78, 5) is 2.13. The zero-order valence-electron chi connectivity index (χ0n) is 11.2. The Hall–Kier alpha value is -1.09. The van der Waals surface area contributed by atoms with Crippen LogP contribution < -0.4 is 4.90 Å². The lowest BCUT2D eigenvalue weighted by Gasteiger charge is -2.24. The van der Waals surface area contributed by atoms with Crippen molar-refractivity contribution in [1.29, 1.82) is 0 Å². The lowest BCUT2D eigenvalue weighted by Crippen LogP contribution is -2.25. The molecule has 2 rings (SSSR count). The molecule has 2 nitrogen and oxygen atoms in total. The summed E-state index contributed by atoms with van der Waals surface area (Å²) in [6, 6.07) is 5.07. The lowest BCUT2D eigenvalue weighted by atomic mass is 10.0. The predicted octanol–water partition coefficient (Wildman–Crippen LogP) is 3.51. The van der Waals surface area contributed by atoms with Crippen molar-refractivity contribution >= 4 is 5.69 Å². The summed E-state index contributed by atoms with van der Waals surface area (Å²) in [6.45, 7) is 5.76. The summed E-state index contributed by atoms with van der Waals surface area (Å²) in [5, 5.41) is 9.45. The van der Waals surface area contributed by atoms with Gasteiger partial charge in [-0.2, -0.15) is 0 Å². The molecule has 1 heterocycles. The first-order valence-corrected chi connectivity index (χ1v) is 6.80. The predicted molar refractivity (Wildman–Crippen MR) is 72.3 cm³/mol. The Bertz CT molecular complexity index is 405. The van der Waals surface area contributed by atoms with Crippen molar-refractivity contribution in [2.24, 2.45) is 5.92 Å². The topological polar surface area (TPSA) is 23.5 Å². The van der Waals surface area contributed by atoms with Crippen LogP contribution in [0.4, 0.5) is 10.1 Å². The van der Waals surface area contributed by atoms with E-state index in [0.717, 1.165) is 31.8 Å². The van der Waals surface area contributed by atoms with Gasteiger partial charge in [0.15, 0.2) is 0 Å². The Morgan fingerprint density at radius 1 is 1.33 bits per heavy atom. The third kappa shape index (κ3) is 3.02. The van der Waals surface area contributed by atoms with Crippen molar-refractivity contribution < 1.29 is 9.50 Å². The normalized spacial score (nSPS) is 22.7. The fourth-order valence-electron chi connectivity index (χ4n) is 2.54. The Morgan fingerprint density at radius 3 is 2.78 bits per heavy atom. The number of anilines is 1. The number of halogens is 1. The van der Waals surface area contributed by atoms with Gasteiger partial charge in [-0.25, -0.2) is 4.39 Å². The third-order valence-corrected chi connectivity index (χ3v) is 3.81. The first-order chi connectivity index (χ1) is 8.58. The van der Waals surface area contributed by atoms with E-state index in [1.807, 2.05) is 6.07 Å². The van der Waals surface area contributed by atoms with Gasteiger partial charge >= 0.3 is 0 Å². The molecular weight excluding hydrogens is 229 g/mol. The highest BCUT2D eigenvalue weighted by molar-refractivity contribution is 5.49. The SMILES string of the molecule is CC1CCCN(c2ccc([C@H](C)O)cc2F)CC1. The molecule has 0 saturated carbocycles. The minimum absolute atomic E-state index is 0.219. The van der Waals surface area contributed by atoms with E-state index in [1.54, 1.807) is 13.0 Å². The van der Waals surface area contributed by atoms with Crippen LogP contribution in [0.3, 0.4) is 0 Å². The summed E-state index contributed by atoms with van der Waals surface area (Å²) in [6.07, 6.45) is 2.86. The van der Waals surface area contributed by atoms with Gasteiger partial charge in [0, 0.05) is 13.1 Å². The molecule has 1 saturated heterocycles. The summed E-state index contributed by atoms with van der Waals surface area (Å²) < 4.78 is 14.1. The van der Waals surface area contributed by atoms with E-state index in [0.29, 0.717) is 11.3 Å². The molecule has 3 heteroatoms. The zero-order valence-corrected chi connectivity index (χ0v) is 11.2. The summed E-state index contributed by atoms with van der Waals surface area (Å²) in [5.74, 6) is 0.512. The minimum atomic E-state index is -0.613. The van der Waals surface area contributed by atoms with Gasteiger partial charge in [-0.3, -0.25) is 0 Å². The Kier molecular flexibility index (Phi) is 4.23. The molecule has 0 spiro atoms. The van der Waals surface area contributed by atoms with E-state index >= 15 is 0 Å². The largest absolute Gasteiger partial charge is 0.389 e. The maximum Gasteiger partial charge on any atom is 0.146 e. The molecule has 0 bridgehead atoms. The van der Waals surface area contributed by atoms with E-state index < -0.39 is 6.10 Å². The minimum Gasteiger partial charge on any atom is -0.389 e. The van der Waals surface area contributed by atoms with Crippen LogP contribution in [0.15, 0.2) is 18.2 Å². The van der Waals surface area contributed by atoms with Crippen molar-refractivity contribution in [1.82, 2.24) is 0 Å². The van der Waals surface area contributed by atoms with Crippen molar-refractivity contribution in [3.8, 4) is 0 Å². The van der Waals surface area contributed by atoms with Crippen molar-refractivity contribution in [3.05, 3.63) is 29.6 Å². The number of aliphatic hydroxyl groups is 1. The van der Waals surface area contributed by atoms with Gasteiger partial charge in [0.2, 0.25) is 0 Å². The number of nitrogens with zero attached hydrogens (tertiary/aromatic N) is 1. The molecule has 1 aromatic rings. The molecule has 0 radical (unpaired) electrons. The van der Waals surface area contributed by atoms with Gasteiger partial charge in [-0.15, -0.1) is 0 Å². The Morgan fingerprint density at radius 2 is 2.11 bits per heavy atom. The summed E-state index contributed by atoms with van der Waals surface area (Å²) in [7, 11) is 0. The van der Waals surface area contributed by atoms with Crippen LogP contribution in [-0.2, 0) is 0 Å². The molecule has 1 aliphatic rings. The van der Waals surface area contributed by atoms with Crippen molar-refractivity contribution in [2.45, 2.75) is 39.2 Å². The first-order valence-electron chi connectivity index (χ1n) is 6.80. The van der Waals surface area contributed by atoms with Gasteiger partial charge in [0.25, 0.3) is 0 Å². The van der Waals surface area contributed by atoms with E-state index in [2.05, 4.69) is 11.8 Å². The highest BCUT2D eigenvalue weighted by atomic mass is 19.1. The highest BCUT2D eigenvalue weighted by Gasteiger charge is 2.17. The van der Waals surface area contributed by atoms with Crippen LogP contribution >= 0.6 is 0 Å². The van der Waals surface area contributed by atoms with Crippen LogP contribution in [0.2, 0.25) is 0 Å². The Labute approximate surface area is 108 Å². The van der Waals surface area contributed by atoms with Crippen LogP contribution in [-0.4, -0.2) is 18.2 Å². The maximum absolute atomic E-state index is 14.1. The van der Waals surface area contributed by atoms with Crippen LogP contribution in [0.25, 0.3) is 0 Å². The second-order valence-electron chi connectivity index (χ2n) is 5.41. The smallest absolute Gasteiger partial charge is 0.146 e. The molecule has 1 unspecified atom stereocenters. The molecule has 100 valence electrons. The van der Waals surface area contributed by atoms with E-state index in [1.165, 1.54) is 12.5 Å². The Balaban J connectivity index is 2.17. The van der Waals surface area contributed by atoms with Crippen LogP contribution in [0, 0.1) is 11.7 Å². The molecule has 0 amide bonds. The maximum atomic E-state index is 14.1. The van der Waals surface area contributed by atoms with E-state index in [9.17, 15) is 9.50 Å². The number of rotatable bonds is 2. The highest BCUT2D eigenvalue weighted by Crippen LogP contribution is 2.27. The number of aliphatic hydroxyl groups excluding tert-OH is 1. The van der Waals surface area contributed by atoms with Gasteiger partial charge in [0.05, 0.1) is 11.8 Å². The fourth-order valence-corrected chi connectivity index (χ4v) is 2.54. The number of benzene rings is 1. The van der Waals surface area contributed by atoms with E-state index in [-0.39, 0.29) is 5.82 Å². The van der Waals surface area contributed by atoms with Crippen molar-refractivity contribution in [3.63, 3.8) is 0 Å². The van der Waals surface area contributed by atoms with Gasteiger partial charge in [-0.1, -0.05) is 13.0 Å². The molecular formula is C15H22FNO. The van der Waals surface area contributed by atoms with Gasteiger partial charge in [0.1, 0.15) is 5.82 Å². The lowest BCUT2D eigenvalue weighted by molar-refractivity contribution is 0.199. The van der Waals surface area contributed by atoms with Gasteiger partial charge in [-0.05, 0) is 49.8 Å². The molecule has 1 aliphatic heterocycles. The molecule has 1 aromatic carbocycles. The molecule has 0 aromatic heterocycles. The van der Waals surface area contributed by atoms with Crippen molar-refractivity contribution in [2.75, 3.05) is 18.0 Å². The van der Waals surface area contributed by atoms with Crippen LogP contribution in [0.5, 0.6) is 0 Å². The van der Waals surface area contributed by atoms with Crippen LogP contribution in [0.1, 0.15) is 44.8 Å². The first kappa shape index (κ1) is 13.3. The average Bonchev–Trinajstić information content (AvgIpc) is 2.54. The summed E-state index contributed by atoms with van der Waals surface area (Å²) in [5.41, 5.74) is 1.31. The summed E-state index contributed by atoms with van der Waals surface area (Å²) >= 11 is 0. The molecule has 2 atom stereocenters. The number of hydrogen-bond donors (Lipinski definition) is 1. The molecule has 1 fully saturated rings. The third-order valence-electron chi connectivity index (χ3n) is 3.81. The molecule has 18 heavy (non-hydrogen) atoms. The van der Waals surface area contributed by atoms with E-state index in [4.69, 9.17) is 0 Å². The molecule has 1 N–H and O–H groups in total. The zero-order chi connectivity index (χ0) is 13.1. The second-order valence-corrected chi connectivity index (χ2v) is 5.41.